The van der Waals surface area contributed by atoms with Crippen molar-refractivity contribution >= 4 is 23.4 Å². The quantitative estimate of drug-likeness (QED) is 0.282. The number of aliphatic hydroxyl groups is 3. The summed E-state index contributed by atoms with van der Waals surface area (Å²) in [5, 5.41) is 47.3. The molecular weight excluding hydrogens is 563 g/mol. The van der Waals surface area contributed by atoms with Gasteiger partial charge in [0.2, 0.25) is 11.7 Å². The van der Waals surface area contributed by atoms with E-state index in [0.29, 0.717) is 29.7 Å². The number of carbonyl (C=O) groups is 4. The summed E-state index contributed by atoms with van der Waals surface area (Å²) in [4.78, 5) is 51.8. The fourth-order valence-corrected chi connectivity index (χ4v) is 6.85. The first-order valence-corrected chi connectivity index (χ1v) is 13.9. The van der Waals surface area contributed by atoms with E-state index >= 15 is 0 Å². The third kappa shape index (κ3) is 4.40. The van der Waals surface area contributed by atoms with Crippen LogP contribution in [0.25, 0.3) is 11.1 Å². The number of allylic oxidation sites excluding steroid dienone is 2. The molecule has 4 aliphatic rings. The van der Waals surface area contributed by atoms with Crippen LogP contribution in [0.1, 0.15) is 47.2 Å². The average molecular weight is 593 g/mol. The van der Waals surface area contributed by atoms with Gasteiger partial charge in [-0.3, -0.25) is 19.2 Å². The Hall–Kier alpha value is -4.55. The van der Waals surface area contributed by atoms with Gasteiger partial charge in [0.25, 0.3) is 5.91 Å². The molecule has 0 spiro atoms. The van der Waals surface area contributed by atoms with Crippen molar-refractivity contribution in [1.29, 1.82) is 0 Å². The van der Waals surface area contributed by atoms with E-state index in [1.807, 2.05) is 0 Å². The Morgan fingerprint density at radius 3 is 2.49 bits per heavy atom. The van der Waals surface area contributed by atoms with Gasteiger partial charge in [0.05, 0.1) is 5.56 Å². The molecule has 2 amide bonds. The number of hydrogen-bond donors (Lipinski definition) is 6. The molecule has 1 aliphatic heterocycles. The minimum Gasteiger partial charge on any atom is -0.511 e. The summed E-state index contributed by atoms with van der Waals surface area (Å²) in [6.45, 7) is 0.279. The molecule has 12 heteroatoms. The molecule has 43 heavy (non-hydrogen) atoms. The molecule has 6 rings (SSSR count). The number of nitrogens with one attached hydrogen (secondary N) is 1. The standard InChI is InChI=1S/C31H29FN2O9/c32-17-5-3-13(4-6-17)18-10-15(12-34-30(41)21-2-1-7-43-21)25(36)23-19(18)9-14-8-16-11-20(35)24(29(33)40)28(39)31(16,42)27(38)22(14)26(23)37/h3-6,10,14,16,21,35-36,38,42H,1-2,7-9,11-12H2,(H2,33,40)(H,34,41)/t14-,16+,21?,31+/m1/s1. The first-order chi connectivity index (χ1) is 20.4. The van der Waals surface area contributed by atoms with Gasteiger partial charge in [-0.1, -0.05) is 12.1 Å². The number of rotatable bonds is 5. The van der Waals surface area contributed by atoms with Crippen LogP contribution in [0.4, 0.5) is 4.39 Å². The third-order valence-corrected chi connectivity index (χ3v) is 8.97. The van der Waals surface area contributed by atoms with Gasteiger partial charge in [-0.05, 0) is 66.5 Å². The largest absolute Gasteiger partial charge is 0.511 e. The highest BCUT2D eigenvalue weighted by Crippen LogP contribution is 2.52. The maximum Gasteiger partial charge on any atom is 0.255 e. The Morgan fingerprint density at radius 1 is 1.12 bits per heavy atom. The number of aliphatic hydroxyl groups excluding tert-OH is 2. The molecule has 0 aromatic heterocycles. The van der Waals surface area contributed by atoms with Crippen LogP contribution >= 0.6 is 0 Å². The molecular formula is C31H29FN2O9. The van der Waals surface area contributed by atoms with Gasteiger partial charge in [-0.25, -0.2) is 4.39 Å². The zero-order chi connectivity index (χ0) is 30.8. The van der Waals surface area contributed by atoms with Crippen LogP contribution in [0, 0.1) is 17.7 Å². The van der Waals surface area contributed by atoms with Crippen LogP contribution in [-0.2, 0) is 32.1 Å². The fourth-order valence-electron chi connectivity index (χ4n) is 6.85. The first-order valence-electron chi connectivity index (χ1n) is 13.9. The van der Waals surface area contributed by atoms with Gasteiger partial charge in [-0.15, -0.1) is 0 Å². The molecule has 2 aromatic carbocycles. The number of phenolic OH excluding ortho intramolecular Hbond substituents is 1. The van der Waals surface area contributed by atoms with Crippen LogP contribution in [0.5, 0.6) is 5.75 Å². The second kappa shape index (κ2) is 10.3. The van der Waals surface area contributed by atoms with Crippen LogP contribution in [0.2, 0.25) is 0 Å². The molecule has 1 unspecified atom stereocenters. The summed E-state index contributed by atoms with van der Waals surface area (Å²) in [6.07, 6.45) is 0.363. The smallest absolute Gasteiger partial charge is 0.255 e. The fraction of sp³-hybridized carbons (Fsp3) is 0.355. The second-order valence-electron chi connectivity index (χ2n) is 11.4. The number of benzene rings is 2. The summed E-state index contributed by atoms with van der Waals surface area (Å²) in [5.74, 6) is -8.14. The number of Topliss-reactive ketones (excluding diaryl/α,β-unsaturated/α-hetero) is 2. The van der Waals surface area contributed by atoms with Crippen molar-refractivity contribution in [2.45, 2.75) is 50.4 Å². The lowest BCUT2D eigenvalue weighted by Gasteiger charge is -2.45. The number of phenols is 1. The van der Waals surface area contributed by atoms with Crippen molar-refractivity contribution in [3.05, 3.63) is 75.5 Å². The van der Waals surface area contributed by atoms with Crippen LogP contribution in [0.15, 0.2) is 53.0 Å². The summed E-state index contributed by atoms with van der Waals surface area (Å²) in [5.41, 5.74) is 2.81. The molecule has 11 nitrogen and oxygen atoms in total. The number of hydrogen-bond acceptors (Lipinski definition) is 9. The minimum absolute atomic E-state index is 0.0221. The highest BCUT2D eigenvalue weighted by molar-refractivity contribution is 6.24. The molecule has 7 N–H and O–H groups in total. The Bertz CT molecular complexity index is 1660. The van der Waals surface area contributed by atoms with E-state index in [9.17, 15) is 44.0 Å². The summed E-state index contributed by atoms with van der Waals surface area (Å²) in [7, 11) is 0. The zero-order valence-electron chi connectivity index (χ0n) is 22.9. The van der Waals surface area contributed by atoms with Crippen LogP contribution in [0.3, 0.4) is 0 Å². The molecule has 0 saturated carbocycles. The Balaban J connectivity index is 1.47. The topological polar surface area (TPSA) is 196 Å². The lowest BCUT2D eigenvalue weighted by atomic mass is 9.60. The summed E-state index contributed by atoms with van der Waals surface area (Å²) in [6, 6.07) is 7.12. The normalized spacial score (nSPS) is 26.6. The van der Waals surface area contributed by atoms with Gasteiger partial charge < -0.3 is 36.2 Å². The Labute approximate surface area is 244 Å². The minimum atomic E-state index is -2.68. The molecule has 1 saturated heterocycles. The van der Waals surface area contributed by atoms with E-state index in [-0.39, 0.29) is 48.4 Å². The van der Waals surface area contributed by atoms with Crippen LogP contribution in [-0.4, -0.2) is 62.1 Å². The first kappa shape index (κ1) is 28.6. The van der Waals surface area contributed by atoms with E-state index in [1.165, 1.54) is 24.3 Å². The SMILES string of the molecule is NC(=O)C1=C(O)C[C@@H]2C[C@@H]3Cc4c(-c5ccc(F)cc5)cc(CNC(=O)C5CCCO5)c(O)c4C(=O)C3=C(O)[C@]2(O)C1=O. The number of ether oxygens (including phenoxy) is 1. The highest BCUT2D eigenvalue weighted by atomic mass is 19.1. The average Bonchev–Trinajstić information content (AvgIpc) is 3.50. The van der Waals surface area contributed by atoms with E-state index in [2.05, 4.69) is 5.32 Å². The van der Waals surface area contributed by atoms with E-state index in [0.717, 1.165) is 6.42 Å². The molecule has 224 valence electrons. The van der Waals surface area contributed by atoms with Crippen molar-refractivity contribution in [1.82, 2.24) is 5.32 Å². The van der Waals surface area contributed by atoms with Gasteiger partial charge >= 0.3 is 0 Å². The number of ketones is 2. The second-order valence-corrected chi connectivity index (χ2v) is 11.4. The molecule has 2 aromatic rings. The van der Waals surface area contributed by atoms with Crippen LogP contribution < -0.4 is 11.1 Å². The van der Waals surface area contributed by atoms with E-state index in [1.54, 1.807) is 6.07 Å². The molecule has 3 aliphatic carbocycles. The van der Waals surface area contributed by atoms with Gasteiger partial charge in [-0.2, -0.15) is 0 Å². The molecule has 1 heterocycles. The van der Waals surface area contributed by atoms with E-state index < -0.39 is 69.7 Å². The molecule has 0 bridgehead atoms. The summed E-state index contributed by atoms with van der Waals surface area (Å²) >= 11 is 0. The predicted molar refractivity (Wildman–Crippen MR) is 147 cm³/mol. The molecule has 1 fully saturated rings. The van der Waals surface area contributed by atoms with Crippen molar-refractivity contribution in [3.63, 3.8) is 0 Å². The summed E-state index contributed by atoms with van der Waals surface area (Å²) < 4.78 is 19.2. The van der Waals surface area contributed by atoms with Gasteiger partial charge in [0.15, 0.2) is 11.4 Å². The number of nitrogens with two attached hydrogens (primary N) is 1. The lowest BCUT2D eigenvalue weighted by Crippen LogP contribution is -2.57. The van der Waals surface area contributed by atoms with Crippen molar-refractivity contribution < 1.29 is 48.7 Å². The number of amides is 2. The maximum atomic E-state index is 14.1. The lowest BCUT2D eigenvalue weighted by molar-refractivity contribution is -0.144. The Morgan fingerprint density at radius 2 is 1.84 bits per heavy atom. The van der Waals surface area contributed by atoms with E-state index in [4.69, 9.17) is 10.5 Å². The third-order valence-electron chi connectivity index (χ3n) is 8.97. The Kier molecular flexibility index (Phi) is 6.85. The number of primary amides is 1. The van der Waals surface area contributed by atoms with Gasteiger partial charge in [0.1, 0.15) is 34.8 Å². The van der Waals surface area contributed by atoms with Crippen molar-refractivity contribution in [3.8, 4) is 16.9 Å². The molecule has 4 atom stereocenters. The van der Waals surface area contributed by atoms with Crippen molar-refractivity contribution in [2.24, 2.45) is 17.6 Å². The number of carbonyl (C=O) groups excluding carboxylic acids is 4. The van der Waals surface area contributed by atoms with Gasteiger partial charge in [0, 0.05) is 36.6 Å². The zero-order valence-corrected chi connectivity index (χ0v) is 22.9. The predicted octanol–water partition coefficient (Wildman–Crippen LogP) is 2.18. The monoisotopic (exact) mass is 592 g/mol. The highest BCUT2D eigenvalue weighted by Gasteiger charge is 2.59. The number of halogens is 1. The number of fused-ring (bicyclic) bond motifs is 3. The van der Waals surface area contributed by atoms with Crippen molar-refractivity contribution in [2.75, 3.05) is 6.61 Å². The maximum absolute atomic E-state index is 14.1. The number of aromatic hydroxyl groups is 1. The molecule has 0 radical (unpaired) electrons.